The number of rotatable bonds is 6. The minimum Gasteiger partial charge on any atom is -0.351 e. The third kappa shape index (κ3) is 5.45. The molecule has 1 heterocycles. The lowest BCUT2D eigenvalue weighted by Gasteiger charge is -2.02. The standard InChI is InChI=1S/C15H16Cl2N2OS.ClH/c16-11-7-10(8-12(17)9-11)13-3-4-14(21-13)15(20)19-6-2-1-5-18;/h3-4,7-9H,1-2,5-6,18H2,(H,19,20);1H. The van der Waals surface area contributed by atoms with Crippen molar-refractivity contribution < 1.29 is 4.79 Å². The molecule has 0 aliphatic heterocycles. The van der Waals surface area contributed by atoms with Gasteiger partial charge in [0.25, 0.3) is 5.91 Å². The molecule has 2 aromatic rings. The first-order valence-corrected chi connectivity index (χ1v) is 8.22. The van der Waals surface area contributed by atoms with Crippen molar-refractivity contribution in [2.24, 2.45) is 5.73 Å². The van der Waals surface area contributed by atoms with Crippen LogP contribution < -0.4 is 11.1 Å². The molecule has 22 heavy (non-hydrogen) atoms. The largest absolute Gasteiger partial charge is 0.351 e. The molecule has 2 rings (SSSR count). The van der Waals surface area contributed by atoms with Crippen LogP contribution in [0.4, 0.5) is 0 Å². The Morgan fingerprint density at radius 1 is 1.14 bits per heavy atom. The number of carbonyl (C=O) groups is 1. The minimum atomic E-state index is -0.0589. The highest BCUT2D eigenvalue weighted by Gasteiger charge is 2.10. The average Bonchev–Trinajstić information content (AvgIpc) is 2.92. The number of nitrogens with two attached hydrogens (primary N) is 1. The summed E-state index contributed by atoms with van der Waals surface area (Å²) in [5.74, 6) is -0.0589. The molecule has 0 saturated heterocycles. The number of hydrogen-bond acceptors (Lipinski definition) is 3. The smallest absolute Gasteiger partial charge is 0.261 e. The molecule has 1 amide bonds. The molecular weight excluding hydrogens is 363 g/mol. The van der Waals surface area contributed by atoms with Crippen molar-refractivity contribution in [1.82, 2.24) is 5.32 Å². The molecule has 1 aromatic carbocycles. The van der Waals surface area contributed by atoms with Crippen molar-refractivity contribution in [1.29, 1.82) is 0 Å². The quantitative estimate of drug-likeness (QED) is 0.720. The Balaban J connectivity index is 0.00000242. The number of unbranched alkanes of at least 4 members (excludes halogenated alkanes) is 1. The molecule has 120 valence electrons. The van der Waals surface area contributed by atoms with Crippen LogP contribution in [0.1, 0.15) is 22.5 Å². The molecule has 0 fully saturated rings. The molecule has 7 heteroatoms. The van der Waals surface area contributed by atoms with Crippen molar-refractivity contribution in [2.75, 3.05) is 13.1 Å². The van der Waals surface area contributed by atoms with Crippen molar-refractivity contribution in [3.8, 4) is 10.4 Å². The Kier molecular flexibility index (Phi) is 8.21. The molecule has 0 bridgehead atoms. The third-order valence-electron chi connectivity index (χ3n) is 2.89. The Bertz CT molecular complexity index is 611. The van der Waals surface area contributed by atoms with Crippen LogP contribution in [0.2, 0.25) is 10.0 Å². The SMILES string of the molecule is Cl.NCCCCNC(=O)c1ccc(-c2cc(Cl)cc(Cl)c2)s1. The number of halogens is 3. The first-order chi connectivity index (χ1) is 10.1. The highest BCUT2D eigenvalue weighted by atomic mass is 35.5. The first kappa shape index (κ1) is 19.3. The fraction of sp³-hybridized carbons (Fsp3) is 0.267. The first-order valence-electron chi connectivity index (χ1n) is 6.64. The topological polar surface area (TPSA) is 55.1 Å². The predicted octanol–water partition coefficient (Wildman–Crippen LogP) is 4.61. The van der Waals surface area contributed by atoms with Gasteiger partial charge in [-0.25, -0.2) is 0 Å². The monoisotopic (exact) mass is 378 g/mol. The van der Waals surface area contributed by atoms with Crippen molar-refractivity contribution in [3.05, 3.63) is 45.3 Å². The predicted molar refractivity (Wildman–Crippen MR) is 97.6 cm³/mol. The van der Waals surface area contributed by atoms with Gasteiger partial charge in [-0.05, 0) is 55.3 Å². The van der Waals surface area contributed by atoms with E-state index in [1.54, 1.807) is 6.07 Å². The van der Waals surface area contributed by atoms with Crippen LogP contribution in [0.3, 0.4) is 0 Å². The molecule has 0 spiro atoms. The van der Waals surface area contributed by atoms with Gasteiger partial charge in [-0.2, -0.15) is 0 Å². The number of hydrogen-bond donors (Lipinski definition) is 2. The van der Waals surface area contributed by atoms with Gasteiger partial charge in [-0.3, -0.25) is 4.79 Å². The van der Waals surface area contributed by atoms with Gasteiger partial charge >= 0.3 is 0 Å². The van der Waals surface area contributed by atoms with E-state index in [2.05, 4.69) is 5.32 Å². The highest BCUT2D eigenvalue weighted by molar-refractivity contribution is 7.17. The fourth-order valence-corrected chi connectivity index (χ4v) is 3.31. The molecule has 3 N–H and O–H groups in total. The van der Waals surface area contributed by atoms with Gasteiger partial charge in [0.15, 0.2) is 0 Å². The summed E-state index contributed by atoms with van der Waals surface area (Å²) in [7, 11) is 0. The normalized spacial score (nSPS) is 10.1. The molecule has 0 atom stereocenters. The number of amides is 1. The van der Waals surface area contributed by atoms with Gasteiger partial charge in [0.1, 0.15) is 0 Å². The van der Waals surface area contributed by atoms with E-state index in [9.17, 15) is 4.79 Å². The molecule has 0 aliphatic rings. The second-order valence-corrected chi connectivity index (χ2v) is 6.53. The number of carbonyl (C=O) groups excluding carboxylic acids is 1. The average molecular weight is 380 g/mol. The van der Waals surface area contributed by atoms with Crippen LogP contribution in [0.5, 0.6) is 0 Å². The van der Waals surface area contributed by atoms with Gasteiger partial charge in [-0.15, -0.1) is 23.7 Å². The second kappa shape index (κ2) is 9.38. The molecule has 0 aliphatic carbocycles. The minimum absolute atomic E-state index is 0. The summed E-state index contributed by atoms with van der Waals surface area (Å²) in [6, 6.07) is 9.07. The van der Waals surface area contributed by atoms with E-state index < -0.39 is 0 Å². The maximum Gasteiger partial charge on any atom is 0.261 e. The van der Waals surface area contributed by atoms with E-state index >= 15 is 0 Å². The van der Waals surface area contributed by atoms with Gasteiger partial charge < -0.3 is 11.1 Å². The maximum atomic E-state index is 12.0. The van der Waals surface area contributed by atoms with Crippen LogP contribution in [-0.2, 0) is 0 Å². The zero-order chi connectivity index (χ0) is 15.2. The molecule has 0 saturated carbocycles. The van der Waals surface area contributed by atoms with Crippen LogP contribution in [0, 0.1) is 0 Å². The zero-order valence-corrected chi connectivity index (χ0v) is 14.9. The summed E-state index contributed by atoms with van der Waals surface area (Å²) in [5, 5.41) is 4.05. The third-order valence-corrected chi connectivity index (χ3v) is 4.46. The lowest BCUT2D eigenvalue weighted by molar-refractivity contribution is 0.0957. The zero-order valence-electron chi connectivity index (χ0n) is 11.8. The van der Waals surface area contributed by atoms with Crippen LogP contribution in [-0.4, -0.2) is 19.0 Å². The van der Waals surface area contributed by atoms with E-state index in [-0.39, 0.29) is 18.3 Å². The highest BCUT2D eigenvalue weighted by Crippen LogP contribution is 2.32. The number of benzene rings is 1. The van der Waals surface area contributed by atoms with Gasteiger partial charge in [0, 0.05) is 21.5 Å². The van der Waals surface area contributed by atoms with Crippen molar-refractivity contribution >= 4 is 52.9 Å². The number of nitrogens with one attached hydrogen (secondary N) is 1. The van der Waals surface area contributed by atoms with E-state index in [1.807, 2.05) is 24.3 Å². The van der Waals surface area contributed by atoms with Crippen LogP contribution in [0.25, 0.3) is 10.4 Å². The van der Waals surface area contributed by atoms with E-state index in [4.69, 9.17) is 28.9 Å². The summed E-state index contributed by atoms with van der Waals surface area (Å²) >= 11 is 13.4. The van der Waals surface area contributed by atoms with E-state index in [0.717, 1.165) is 23.3 Å². The lowest BCUT2D eigenvalue weighted by Crippen LogP contribution is -2.23. The molecule has 3 nitrogen and oxygen atoms in total. The molecule has 0 radical (unpaired) electrons. The molecular formula is C15H17Cl3N2OS. The molecule has 0 unspecified atom stereocenters. The Labute approximate surface area is 150 Å². The van der Waals surface area contributed by atoms with Crippen LogP contribution in [0.15, 0.2) is 30.3 Å². The summed E-state index contributed by atoms with van der Waals surface area (Å²) < 4.78 is 0. The summed E-state index contributed by atoms with van der Waals surface area (Å²) in [6.07, 6.45) is 1.81. The van der Waals surface area contributed by atoms with Crippen molar-refractivity contribution in [2.45, 2.75) is 12.8 Å². The Morgan fingerprint density at radius 3 is 2.45 bits per heavy atom. The summed E-state index contributed by atoms with van der Waals surface area (Å²) in [5.41, 5.74) is 6.33. The second-order valence-electron chi connectivity index (χ2n) is 4.57. The van der Waals surface area contributed by atoms with Gasteiger partial charge in [0.05, 0.1) is 4.88 Å². The fourth-order valence-electron chi connectivity index (χ4n) is 1.87. The van der Waals surface area contributed by atoms with E-state index in [1.165, 1.54) is 11.3 Å². The van der Waals surface area contributed by atoms with Gasteiger partial charge in [0.2, 0.25) is 0 Å². The summed E-state index contributed by atoms with van der Waals surface area (Å²) in [4.78, 5) is 13.6. The van der Waals surface area contributed by atoms with E-state index in [0.29, 0.717) is 28.0 Å². The van der Waals surface area contributed by atoms with Gasteiger partial charge in [-0.1, -0.05) is 23.2 Å². The Morgan fingerprint density at radius 2 is 1.82 bits per heavy atom. The summed E-state index contributed by atoms with van der Waals surface area (Å²) in [6.45, 7) is 1.29. The lowest BCUT2D eigenvalue weighted by atomic mass is 10.2. The van der Waals surface area contributed by atoms with Crippen molar-refractivity contribution in [3.63, 3.8) is 0 Å². The maximum absolute atomic E-state index is 12.0. The Hall–Kier alpha value is -0.780. The number of thiophene rings is 1. The van der Waals surface area contributed by atoms with Crippen LogP contribution >= 0.6 is 46.9 Å². The molecule has 1 aromatic heterocycles.